The van der Waals surface area contributed by atoms with Gasteiger partial charge in [-0.3, -0.25) is 4.79 Å². The first-order valence-corrected chi connectivity index (χ1v) is 6.34. The van der Waals surface area contributed by atoms with Crippen molar-refractivity contribution in [3.63, 3.8) is 0 Å². The van der Waals surface area contributed by atoms with Gasteiger partial charge in [-0.15, -0.1) is 0 Å². The second-order valence-electron chi connectivity index (χ2n) is 5.64. The van der Waals surface area contributed by atoms with Crippen molar-refractivity contribution in [3.05, 3.63) is 23.8 Å². The summed E-state index contributed by atoms with van der Waals surface area (Å²) in [5, 5.41) is 9.22. The molecule has 0 aliphatic carbocycles. The third kappa shape index (κ3) is 3.06. The van der Waals surface area contributed by atoms with Crippen molar-refractivity contribution < 1.29 is 9.90 Å². The molecule has 4 heteroatoms. The molecule has 0 aliphatic heterocycles. The minimum atomic E-state index is -0.823. The van der Waals surface area contributed by atoms with Crippen LogP contribution in [0.5, 0.6) is 0 Å². The molecular formula is C14H22N2O2. The molecule has 0 spiro atoms. The second kappa shape index (κ2) is 5.46. The summed E-state index contributed by atoms with van der Waals surface area (Å²) in [7, 11) is 0. The van der Waals surface area contributed by atoms with Gasteiger partial charge in [0.05, 0.1) is 5.92 Å². The summed E-state index contributed by atoms with van der Waals surface area (Å²) in [6, 6.07) is 0. The third-order valence-corrected chi connectivity index (χ3v) is 3.45. The lowest BCUT2D eigenvalue weighted by atomic mass is 9.88. The fourth-order valence-corrected chi connectivity index (χ4v) is 1.82. The molecule has 18 heavy (non-hydrogen) atoms. The van der Waals surface area contributed by atoms with Crippen LogP contribution in [0, 0.1) is 5.92 Å². The van der Waals surface area contributed by atoms with Crippen LogP contribution in [0.2, 0.25) is 0 Å². The molecule has 4 nitrogen and oxygen atoms in total. The van der Waals surface area contributed by atoms with E-state index in [9.17, 15) is 9.90 Å². The predicted octanol–water partition coefficient (Wildman–Crippen LogP) is 2.99. The number of carbonyl (C=O) groups is 1. The summed E-state index contributed by atoms with van der Waals surface area (Å²) in [6.07, 6.45) is 4.25. The van der Waals surface area contributed by atoms with Gasteiger partial charge < -0.3 is 5.11 Å². The van der Waals surface area contributed by atoms with E-state index in [1.165, 1.54) is 0 Å². The predicted molar refractivity (Wildman–Crippen MR) is 70.6 cm³/mol. The van der Waals surface area contributed by atoms with E-state index < -0.39 is 11.9 Å². The largest absolute Gasteiger partial charge is 0.481 e. The molecule has 1 rings (SSSR count). The molecule has 100 valence electrons. The third-order valence-electron chi connectivity index (χ3n) is 3.45. The highest BCUT2D eigenvalue weighted by molar-refractivity contribution is 5.76. The van der Waals surface area contributed by atoms with E-state index in [-0.39, 0.29) is 11.3 Å². The Morgan fingerprint density at radius 1 is 1.33 bits per heavy atom. The zero-order chi connectivity index (χ0) is 13.9. The van der Waals surface area contributed by atoms with Crippen molar-refractivity contribution in [2.45, 2.75) is 52.4 Å². The number of nitrogens with zero attached hydrogens (tertiary/aromatic N) is 2. The summed E-state index contributed by atoms with van der Waals surface area (Å²) in [4.78, 5) is 19.9. The molecule has 0 radical (unpaired) electrons. The quantitative estimate of drug-likeness (QED) is 0.872. The molecule has 1 heterocycles. The first-order valence-electron chi connectivity index (χ1n) is 6.34. The average Bonchev–Trinajstić information content (AvgIpc) is 2.29. The summed E-state index contributed by atoms with van der Waals surface area (Å²) < 4.78 is 0. The van der Waals surface area contributed by atoms with Crippen molar-refractivity contribution in [1.82, 2.24) is 9.97 Å². The summed E-state index contributed by atoms with van der Waals surface area (Å²) in [5.74, 6) is -0.572. The van der Waals surface area contributed by atoms with Gasteiger partial charge in [-0.25, -0.2) is 9.97 Å². The second-order valence-corrected chi connectivity index (χ2v) is 5.64. The molecule has 0 fully saturated rings. The van der Waals surface area contributed by atoms with Gasteiger partial charge in [0.25, 0.3) is 0 Å². The molecule has 0 aromatic carbocycles. The molecule has 0 bridgehead atoms. The molecule has 0 unspecified atom stereocenters. The Hall–Kier alpha value is -1.45. The Bertz CT molecular complexity index is 410. The lowest BCUT2D eigenvalue weighted by molar-refractivity contribution is -0.139. The van der Waals surface area contributed by atoms with E-state index in [4.69, 9.17) is 0 Å². The number of hydrogen-bond donors (Lipinski definition) is 1. The number of aliphatic carboxylic acids is 1. The van der Waals surface area contributed by atoms with Gasteiger partial charge in [0, 0.05) is 23.4 Å². The molecule has 0 saturated heterocycles. The van der Waals surface area contributed by atoms with Gasteiger partial charge in [-0.2, -0.15) is 0 Å². The van der Waals surface area contributed by atoms with Crippen LogP contribution in [0.4, 0.5) is 0 Å². The summed E-state index contributed by atoms with van der Waals surface area (Å²) in [5.41, 5.74) is 0.600. The van der Waals surface area contributed by atoms with Crippen LogP contribution in [-0.2, 0) is 10.2 Å². The van der Waals surface area contributed by atoms with Gasteiger partial charge in [0.2, 0.25) is 0 Å². The van der Waals surface area contributed by atoms with Gasteiger partial charge >= 0.3 is 5.97 Å². The van der Waals surface area contributed by atoms with Crippen molar-refractivity contribution in [3.8, 4) is 0 Å². The van der Waals surface area contributed by atoms with Crippen LogP contribution in [0.1, 0.15) is 58.3 Å². The zero-order valence-electron chi connectivity index (χ0n) is 11.8. The maximum atomic E-state index is 11.2. The molecule has 1 aromatic heterocycles. The van der Waals surface area contributed by atoms with Gasteiger partial charge in [0.15, 0.2) is 0 Å². The first-order chi connectivity index (χ1) is 8.29. The van der Waals surface area contributed by atoms with E-state index in [2.05, 4.69) is 30.7 Å². The van der Waals surface area contributed by atoms with Crippen LogP contribution in [0.25, 0.3) is 0 Å². The molecule has 0 saturated carbocycles. The smallest absolute Gasteiger partial charge is 0.311 e. The topological polar surface area (TPSA) is 63.1 Å². The number of carboxylic acids is 1. The molecule has 1 atom stereocenters. The van der Waals surface area contributed by atoms with Crippen molar-refractivity contribution >= 4 is 5.97 Å². The van der Waals surface area contributed by atoms with Crippen LogP contribution in [-0.4, -0.2) is 21.0 Å². The van der Waals surface area contributed by atoms with Gasteiger partial charge in [-0.05, 0) is 12.3 Å². The normalized spacial score (nSPS) is 13.7. The summed E-state index contributed by atoms with van der Waals surface area (Å²) in [6.45, 7) is 10.0. The highest BCUT2D eigenvalue weighted by atomic mass is 16.4. The van der Waals surface area contributed by atoms with Crippen LogP contribution >= 0.6 is 0 Å². The lowest BCUT2D eigenvalue weighted by Gasteiger charge is -2.22. The number of rotatable bonds is 5. The molecule has 0 aliphatic rings. The lowest BCUT2D eigenvalue weighted by Crippen LogP contribution is -2.22. The van der Waals surface area contributed by atoms with Crippen molar-refractivity contribution in [2.24, 2.45) is 5.92 Å². The molecule has 1 aromatic rings. The average molecular weight is 250 g/mol. The zero-order valence-corrected chi connectivity index (χ0v) is 11.8. The molecular weight excluding hydrogens is 228 g/mol. The SMILES string of the molecule is CCC(C)(C)c1ncc([C@H](C(=O)O)C(C)C)cn1. The minimum Gasteiger partial charge on any atom is -0.481 e. The van der Waals surface area contributed by atoms with Gasteiger partial charge in [-0.1, -0.05) is 34.6 Å². The van der Waals surface area contributed by atoms with E-state index in [1.54, 1.807) is 12.4 Å². The van der Waals surface area contributed by atoms with Crippen molar-refractivity contribution in [1.29, 1.82) is 0 Å². The van der Waals surface area contributed by atoms with Crippen molar-refractivity contribution in [2.75, 3.05) is 0 Å². The Morgan fingerprint density at radius 2 is 1.83 bits per heavy atom. The Kier molecular flexibility index (Phi) is 4.43. The Balaban J connectivity index is 3.05. The number of carboxylic acid groups (broad SMARTS) is 1. The van der Waals surface area contributed by atoms with Crippen LogP contribution < -0.4 is 0 Å². The van der Waals surface area contributed by atoms with E-state index in [0.29, 0.717) is 5.56 Å². The maximum absolute atomic E-state index is 11.2. The van der Waals surface area contributed by atoms with Crippen LogP contribution in [0.15, 0.2) is 12.4 Å². The highest BCUT2D eigenvalue weighted by Crippen LogP contribution is 2.26. The number of aromatic nitrogens is 2. The van der Waals surface area contributed by atoms with E-state index >= 15 is 0 Å². The Labute approximate surface area is 108 Å². The number of hydrogen-bond acceptors (Lipinski definition) is 3. The standard InChI is InChI=1S/C14H22N2O2/c1-6-14(4,5)13-15-7-10(8-16-13)11(9(2)3)12(17)18/h7-9,11H,6H2,1-5H3,(H,17,18)/t11-/m1/s1. The summed E-state index contributed by atoms with van der Waals surface area (Å²) >= 11 is 0. The first kappa shape index (κ1) is 14.6. The van der Waals surface area contributed by atoms with Gasteiger partial charge in [0.1, 0.15) is 5.82 Å². The van der Waals surface area contributed by atoms with E-state index in [1.807, 2.05) is 13.8 Å². The molecule has 0 amide bonds. The molecule has 1 N–H and O–H groups in total. The van der Waals surface area contributed by atoms with Crippen LogP contribution in [0.3, 0.4) is 0 Å². The minimum absolute atomic E-state index is 0.0242. The highest BCUT2D eigenvalue weighted by Gasteiger charge is 2.26. The maximum Gasteiger partial charge on any atom is 0.311 e. The van der Waals surface area contributed by atoms with E-state index in [0.717, 1.165) is 12.2 Å². The fraction of sp³-hybridized carbons (Fsp3) is 0.643. The Morgan fingerprint density at radius 3 is 2.17 bits per heavy atom. The monoisotopic (exact) mass is 250 g/mol. The fourth-order valence-electron chi connectivity index (χ4n) is 1.82.